The zero-order valence-electron chi connectivity index (χ0n) is 15.5. The zero-order valence-corrected chi connectivity index (χ0v) is 16.4. The van der Waals surface area contributed by atoms with Gasteiger partial charge >= 0.3 is 6.09 Å². The molecule has 1 heterocycles. The highest BCUT2D eigenvalue weighted by atomic mass is 32.1. The average molecular weight is 367 g/mol. The third kappa shape index (κ3) is 7.14. The Hall–Kier alpha value is -1.43. The fourth-order valence-corrected chi connectivity index (χ4v) is 3.75. The molecule has 140 valence electrons. The first-order valence-electron chi connectivity index (χ1n) is 9.22. The van der Waals surface area contributed by atoms with Crippen LogP contribution in [0, 0.1) is 11.3 Å². The van der Waals surface area contributed by atoms with Crippen LogP contribution in [0.25, 0.3) is 0 Å². The van der Waals surface area contributed by atoms with Crippen LogP contribution < -0.4 is 5.32 Å². The summed E-state index contributed by atoms with van der Waals surface area (Å²) < 4.78 is 5.29. The van der Waals surface area contributed by atoms with Gasteiger partial charge in [0.2, 0.25) is 5.78 Å². The van der Waals surface area contributed by atoms with Crippen molar-refractivity contribution in [1.29, 1.82) is 0 Å². The van der Waals surface area contributed by atoms with Gasteiger partial charge in [-0.3, -0.25) is 4.79 Å². The third-order valence-electron chi connectivity index (χ3n) is 4.63. The lowest BCUT2D eigenvalue weighted by atomic mass is 9.84. The molecule has 0 saturated heterocycles. The van der Waals surface area contributed by atoms with Gasteiger partial charge in [0.05, 0.1) is 12.6 Å². The van der Waals surface area contributed by atoms with E-state index in [0.29, 0.717) is 24.0 Å². The van der Waals surface area contributed by atoms with E-state index < -0.39 is 12.1 Å². The molecule has 1 atom stereocenters. The Morgan fingerprint density at radius 2 is 2.04 bits per heavy atom. The normalized spacial score (nSPS) is 17.1. The van der Waals surface area contributed by atoms with Gasteiger partial charge in [0.1, 0.15) is 0 Å². The highest BCUT2D eigenvalue weighted by Gasteiger charge is 2.28. The molecule has 1 fully saturated rings. The van der Waals surface area contributed by atoms with Crippen molar-refractivity contribution in [1.82, 2.24) is 10.3 Å². The lowest BCUT2D eigenvalue weighted by Crippen LogP contribution is -2.42. The molecule has 0 radical (unpaired) electrons. The van der Waals surface area contributed by atoms with Crippen molar-refractivity contribution in [3.8, 4) is 0 Å². The fraction of sp³-hybridized carbons (Fsp3) is 0.737. The molecular weight excluding hydrogens is 336 g/mol. The number of hydrogen-bond donors (Lipinski definition) is 1. The summed E-state index contributed by atoms with van der Waals surface area (Å²) in [6, 6.07) is -0.545. The van der Waals surface area contributed by atoms with E-state index in [-0.39, 0.29) is 11.2 Å². The minimum absolute atomic E-state index is 0.103. The molecule has 2 rings (SSSR count). The molecule has 1 aromatic rings. The van der Waals surface area contributed by atoms with Crippen molar-refractivity contribution >= 4 is 23.2 Å². The Bertz CT molecular complexity index is 546. The second-order valence-corrected chi connectivity index (χ2v) is 8.98. The number of carbonyl (C=O) groups excluding carboxylic acids is 2. The number of alkyl carbamates (subject to hydrolysis) is 1. The fourth-order valence-electron chi connectivity index (χ4n) is 3.12. The molecule has 0 aromatic carbocycles. The number of thiazole rings is 1. The number of carbonyl (C=O) groups is 2. The van der Waals surface area contributed by atoms with Gasteiger partial charge < -0.3 is 10.1 Å². The Labute approximate surface area is 154 Å². The molecule has 25 heavy (non-hydrogen) atoms. The number of aromatic nitrogens is 1. The monoisotopic (exact) mass is 366 g/mol. The topological polar surface area (TPSA) is 68.3 Å². The van der Waals surface area contributed by atoms with Gasteiger partial charge in [0.25, 0.3) is 0 Å². The Morgan fingerprint density at radius 3 is 2.64 bits per heavy atom. The molecule has 1 saturated carbocycles. The van der Waals surface area contributed by atoms with Crippen molar-refractivity contribution in [3.05, 3.63) is 16.6 Å². The van der Waals surface area contributed by atoms with E-state index in [0.717, 1.165) is 19.3 Å². The first-order chi connectivity index (χ1) is 11.8. The van der Waals surface area contributed by atoms with Crippen LogP contribution in [-0.2, 0) is 4.74 Å². The molecule has 0 aliphatic heterocycles. The van der Waals surface area contributed by atoms with Crippen LogP contribution in [0.5, 0.6) is 0 Å². The maximum absolute atomic E-state index is 12.7. The second-order valence-electron chi connectivity index (χ2n) is 8.08. The Morgan fingerprint density at radius 1 is 1.32 bits per heavy atom. The summed E-state index contributed by atoms with van der Waals surface area (Å²) in [6.45, 7) is 6.67. The minimum Gasteiger partial charge on any atom is -0.450 e. The van der Waals surface area contributed by atoms with Gasteiger partial charge in [-0.25, -0.2) is 9.78 Å². The number of hydrogen-bond acceptors (Lipinski definition) is 5. The van der Waals surface area contributed by atoms with Crippen LogP contribution in [0.1, 0.15) is 75.5 Å². The van der Waals surface area contributed by atoms with Crippen LogP contribution in [0.2, 0.25) is 0 Å². The van der Waals surface area contributed by atoms with E-state index in [4.69, 9.17) is 4.74 Å². The van der Waals surface area contributed by atoms with Gasteiger partial charge in [-0.1, -0.05) is 52.9 Å². The number of ketones is 1. The van der Waals surface area contributed by atoms with Gasteiger partial charge in [0, 0.05) is 11.6 Å². The van der Waals surface area contributed by atoms with Gasteiger partial charge in [-0.15, -0.1) is 11.3 Å². The van der Waals surface area contributed by atoms with E-state index in [2.05, 4.69) is 31.1 Å². The predicted molar refractivity (Wildman–Crippen MR) is 100.0 cm³/mol. The van der Waals surface area contributed by atoms with Crippen LogP contribution in [0.4, 0.5) is 4.79 Å². The minimum atomic E-state index is -0.545. The molecule has 0 bridgehead atoms. The first-order valence-corrected chi connectivity index (χ1v) is 10.1. The highest BCUT2D eigenvalue weighted by Crippen LogP contribution is 2.28. The molecule has 5 nitrogen and oxygen atoms in total. The lowest BCUT2D eigenvalue weighted by molar-refractivity contribution is 0.0887. The molecule has 1 aromatic heterocycles. The van der Waals surface area contributed by atoms with E-state index in [1.807, 2.05) is 0 Å². The number of rotatable bonds is 7. The predicted octanol–water partition coefficient (Wildman–Crippen LogP) is 4.83. The number of nitrogens with zero attached hydrogens (tertiary/aromatic N) is 1. The molecule has 0 spiro atoms. The van der Waals surface area contributed by atoms with Crippen LogP contribution in [-0.4, -0.2) is 29.5 Å². The summed E-state index contributed by atoms with van der Waals surface area (Å²) in [4.78, 5) is 29.0. The number of ether oxygens (including phenoxy) is 1. The van der Waals surface area contributed by atoms with Gasteiger partial charge in [-0.2, -0.15) is 0 Å². The molecule has 1 aliphatic carbocycles. The van der Waals surface area contributed by atoms with Crippen molar-refractivity contribution < 1.29 is 14.3 Å². The Balaban J connectivity index is 1.93. The maximum atomic E-state index is 12.7. The van der Waals surface area contributed by atoms with Crippen molar-refractivity contribution in [2.45, 2.75) is 71.8 Å². The Kier molecular flexibility index (Phi) is 7.41. The second kappa shape index (κ2) is 9.32. The van der Waals surface area contributed by atoms with Crippen LogP contribution >= 0.6 is 11.3 Å². The summed E-state index contributed by atoms with van der Waals surface area (Å²) >= 11 is 1.32. The van der Waals surface area contributed by atoms with Crippen molar-refractivity contribution in [2.75, 3.05) is 6.61 Å². The smallest absolute Gasteiger partial charge is 0.407 e. The third-order valence-corrected chi connectivity index (χ3v) is 5.42. The SMILES string of the molecule is CC(C)(C)CCOC(=O)NC(CC1CCCCC1)C(=O)c1nccs1. The van der Waals surface area contributed by atoms with Crippen molar-refractivity contribution in [3.63, 3.8) is 0 Å². The average Bonchev–Trinajstić information content (AvgIpc) is 3.07. The van der Waals surface area contributed by atoms with Gasteiger partial charge in [-0.05, 0) is 24.2 Å². The summed E-state index contributed by atoms with van der Waals surface area (Å²) in [6.07, 6.45) is 8.51. The molecule has 1 unspecified atom stereocenters. The standard InChI is InChI=1S/C19H30N2O3S/c1-19(2,3)9-11-24-18(23)21-15(13-14-7-5-4-6-8-14)16(22)17-20-10-12-25-17/h10,12,14-15H,4-9,11,13H2,1-3H3,(H,21,23). The summed E-state index contributed by atoms with van der Waals surface area (Å²) in [5.74, 6) is 0.380. The van der Waals surface area contributed by atoms with Crippen molar-refractivity contribution in [2.24, 2.45) is 11.3 Å². The lowest BCUT2D eigenvalue weighted by Gasteiger charge is -2.26. The highest BCUT2D eigenvalue weighted by molar-refractivity contribution is 7.11. The summed E-state index contributed by atoms with van der Waals surface area (Å²) in [5, 5.41) is 5.03. The van der Waals surface area contributed by atoms with E-state index >= 15 is 0 Å². The molecule has 1 amide bonds. The molecular formula is C19H30N2O3S. The number of Topliss-reactive ketones (excluding diaryl/α,β-unsaturated/α-hetero) is 1. The first kappa shape index (κ1) is 19.9. The zero-order chi connectivity index (χ0) is 18.3. The largest absolute Gasteiger partial charge is 0.450 e. The van der Waals surface area contributed by atoms with Gasteiger partial charge in [0.15, 0.2) is 5.01 Å². The van der Waals surface area contributed by atoms with Crippen LogP contribution in [0.3, 0.4) is 0 Å². The maximum Gasteiger partial charge on any atom is 0.407 e. The van der Waals surface area contributed by atoms with E-state index in [1.54, 1.807) is 11.6 Å². The molecule has 6 heteroatoms. The number of nitrogens with one attached hydrogen (secondary N) is 1. The van der Waals surface area contributed by atoms with E-state index in [1.165, 1.54) is 30.6 Å². The van der Waals surface area contributed by atoms with Crippen LogP contribution in [0.15, 0.2) is 11.6 Å². The van der Waals surface area contributed by atoms with E-state index in [9.17, 15) is 9.59 Å². The molecule has 1 N–H and O–H groups in total. The summed E-state index contributed by atoms with van der Waals surface area (Å²) in [7, 11) is 0. The molecule has 1 aliphatic rings. The number of amides is 1. The summed E-state index contributed by atoms with van der Waals surface area (Å²) in [5.41, 5.74) is 0.110. The quantitative estimate of drug-likeness (QED) is 0.702.